The van der Waals surface area contributed by atoms with Crippen molar-refractivity contribution in [2.75, 3.05) is 12.4 Å². The molecule has 2 aromatic rings. The largest absolute Gasteiger partial charge is 0.465 e. The molecule has 0 aliphatic carbocycles. The van der Waals surface area contributed by atoms with Crippen LogP contribution in [0.25, 0.3) is 0 Å². The molecule has 0 bridgehead atoms. The van der Waals surface area contributed by atoms with Gasteiger partial charge >= 0.3 is 5.97 Å². The van der Waals surface area contributed by atoms with Gasteiger partial charge in [0, 0.05) is 31.0 Å². The summed E-state index contributed by atoms with van der Waals surface area (Å²) in [7, 11) is 3.24. The summed E-state index contributed by atoms with van der Waals surface area (Å²) in [4.78, 5) is 28.0. The molecule has 1 N–H and O–H groups in total. The van der Waals surface area contributed by atoms with E-state index in [0.717, 1.165) is 11.3 Å². The summed E-state index contributed by atoms with van der Waals surface area (Å²) in [5, 5.41) is 2.92. The molecule has 0 atom stereocenters. The number of aromatic nitrogens is 2. The summed E-state index contributed by atoms with van der Waals surface area (Å²) >= 11 is 0. The predicted molar refractivity (Wildman–Crippen MR) is 92.0 cm³/mol. The van der Waals surface area contributed by atoms with Crippen LogP contribution in [0.15, 0.2) is 30.7 Å². The second-order valence-corrected chi connectivity index (χ2v) is 5.99. The molecule has 2 rings (SSSR count). The third kappa shape index (κ3) is 4.22. The zero-order chi connectivity index (χ0) is 17.7. The third-order valence-electron chi connectivity index (χ3n) is 3.90. The number of benzene rings is 1. The second-order valence-electron chi connectivity index (χ2n) is 5.99. The maximum Gasteiger partial charge on any atom is 0.337 e. The van der Waals surface area contributed by atoms with Crippen LogP contribution in [0.4, 0.5) is 5.69 Å². The van der Waals surface area contributed by atoms with Gasteiger partial charge < -0.3 is 14.6 Å². The number of esters is 1. The SMILES string of the molecule is COC(=O)c1ccc(C(C)C)c(NC(=O)CCc2cncn2C)c1. The molecule has 0 spiro atoms. The standard InChI is InChI=1S/C18H23N3O3/c1-12(2)15-7-5-13(18(23)24-4)9-16(15)20-17(22)8-6-14-10-19-11-21(14)3/h5,7,9-12H,6,8H2,1-4H3,(H,20,22). The van der Waals surface area contributed by atoms with Gasteiger partial charge in [-0.1, -0.05) is 19.9 Å². The molecule has 0 aliphatic rings. The first-order chi connectivity index (χ1) is 11.4. The number of aryl methyl sites for hydroxylation is 2. The fourth-order valence-electron chi connectivity index (χ4n) is 2.49. The Labute approximate surface area is 141 Å². The highest BCUT2D eigenvalue weighted by atomic mass is 16.5. The van der Waals surface area contributed by atoms with Gasteiger partial charge in [-0.3, -0.25) is 4.79 Å². The zero-order valence-electron chi connectivity index (χ0n) is 14.5. The number of amides is 1. The van der Waals surface area contributed by atoms with E-state index in [2.05, 4.69) is 10.3 Å². The smallest absolute Gasteiger partial charge is 0.337 e. The molecule has 0 aliphatic heterocycles. The molecule has 0 unspecified atom stereocenters. The molecule has 24 heavy (non-hydrogen) atoms. The number of methoxy groups -OCH3 is 1. The minimum Gasteiger partial charge on any atom is -0.465 e. The Balaban J connectivity index is 2.12. The average molecular weight is 329 g/mol. The summed E-state index contributed by atoms with van der Waals surface area (Å²) in [5.74, 6) is -0.292. The number of imidazole rings is 1. The number of anilines is 1. The van der Waals surface area contributed by atoms with Crippen LogP contribution in [0.3, 0.4) is 0 Å². The van der Waals surface area contributed by atoms with Gasteiger partial charge in [0.2, 0.25) is 5.91 Å². The second kappa shape index (κ2) is 7.77. The van der Waals surface area contributed by atoms with E-state index in [0.29, 0.717) is 24.1 Å². The van der Waals surface area contributed by atoms with E-state index in [1.807, 2.05) is 31.5 Å². The lowest BCUT2D eigenvalue weighted by Gasteiger charge is -2.15. The number of hydrogen-bond acceptors (Lipinski definition) is 4. The number of nitrogens with one attached hydrogen (secondary N) is 1. The van der Waals surface area contributed by atoms with E-state index in [1.54, 1.807) is 24.7 Å². The van der Waals surface area contributed by atoms with Crippen molar-refractivity contribution in [1.82, 2.24) is 9.55 Å². The number of carbonyl (C=O) groups is 2. The maximum atomic E-state index is 12.3. The van der Waals surface area contributed by atoms with Crippen LogP contribution < -0.4 is 5.32 Å². The first-order valence-electron chi connectivity index (χ1n) is 7.89. The Morgan fingerprint density at radius 2 is 2.08 bits per heavy atom. The molecule has 1 aromatic heterocycles. The number of ether oxygens (including phenoxy) is 1. The number of carbonyl (C=O) groups excluding carboxylic acids is 2. The van der Waals surface area contributed by atoms with Gasteiger partial charge in [-0.15, -0.1) is 0 Å². The molecule has 0 saturated heterocycles. The fraction of sp³-hybridized carbons (Fsp3) is 0.389. The fourth-order valence-corrected chi connectivity index (χ4v) is 2.49. The van der Waals surface area contributed by atoms with Crippen molar-refractivity contribution in [1.29, 1.82) is 0 Å². The molecule has 6 heteroatoms. The molecule has 0 saturated carbocycles. The van der Waals surface area contributed by atoms with Crippen LogP contribution in [0.1, 0.15) is 47.8 Å². The monoisotopic (exact) mass is 329 g/mol. The van der Waals surface area contributed by atoms with Crippen molar-refractivity contribution in [2.24, 2.45) is 7.05 Å². The van der Waals surface area contributed by atoms with Gasteiger partial charge in [-0.05, 0) is 30.0 Å². The van der Waals surface area contributed by atoms with E-state index in [9.17, 15) is 9.59 Å². The number of hydrogen-bond donors (Lipinski definition) is 1. The molecular weight excluding hydrogens is 306 g/mol. The lowest BCUT2D eigenvalue weighted by molar-refractivity contribution is -0.116. The first-order valence-corrected chi connectivity index (χ1v) is 7.89. The topological polar surface area (TPSA) is 73.2 Å². The van der Waals surface area contributed by atoms with Crippen molar-refractivity contribution in [3.63, 3.8) is 0 Å². The molecular formula is C18H23N3O3. The van der Waals surface area contributed by atoms with Crippen LogP contribution in [0.5, 0.6) is 0 Å². The Bertz CT molecular complexity index is 735. The Hall–Kier alpha value is -2.63. The Morgan fingerprint density at radius 3 is 2.67 bits per heavy atom. The Morgan fingerprint density at radius 1 is 1.33 bits per heavy atom. The van der Waals surface area contributed by atoms with Crippen LogP contribution in [-0.2, 0) is 23.0 Å². The van der Waals surface area contributed by atoms with Crippen molar-refractivity contribution in [2.45, 2.75) is 32.6 Å². The summed E-state index contributed by atoms with van der Waals surface area (Å²) in [6, 6.07) is 5.24. The molecule has 1 heterocycles. The van der Waals surface area contributed by atoms with E-state index < -0.39 is 5.97 Å². The van der Waals surface area contributed by atoms with E-state index in [-0.39, 0.29) is 11.8 Å². The van der Waals surface area contributed by atoms with Gasteiger partial charge in [0.05, 0.1) is 19.0 Å². The van der Waals surface area contributed by atoms with Crippen molar-refractivity contribution in [3.8, 4) is 0 Å². The van der Waals surface area contributed by atoms with E-state index >= 15 is 0 Å². The van der Waals surface area contributed by atoms with Gasteiger partial charge in [0.15, 0.2) is 0 Å². The van der Waals surface area contributed by atoms with Gasteiger partial charge in [0.1, 0.15) is 0 Å². The summed E-state index contributed by atoms with van der Waals surface area (Å²) < 4.78 is 6.64. The highest BCUT2D eigenvalue weighted by Crippen LogP contribution is 2.26. The van der Waals surface area contributed by atoms with Gasteiger partial charge in [-0.2, -0.15) is 0 Å². The van der Waals surface area contributed by atoms with Crippen LogP contribution in [0.2, 0.25) is 0 Å². The first kappa shape index (κ1) is 17.7. The molecule has 128 valence electrons. The number of rotatable bonds is 6. The van der Waals surface area contributed by atoms with Crippen LogP contribution in [-0.4, -0.2) is 28.5 Å². The van der Waals surface area contributed by atoms with Crippen molar-refractivity contribution in [3.05, 3.63) is 47.5 Å². The highest BCUT2D eigenvalue weighted by Gasteiger charge is 2.14. The average Bonchev–Trinajstić information content (AvgIpc) is 2.97. The lowest BCUT2D eigenvalue weighted by atomic mass is 9.99. The summed E-state index contributed by atoms with van der Waals surface area (Å²) in [5.41, 5.74) is 3.06. The minimum absolute atomic E-state index is 0.0971. The lowest BCUT2D eigenvalue weighted by Crippen LogP contribution is -2.15. The van der Waals surface area contributed by atoms with Crippen molar-refractivity contribution >= 4 is 17.6 Å². The quantitative estimate of drug-likeness (QED) is 0.827. The van der Waals surface area contributed by atoms with Crippen LogP contribution in [0, 0.1) is 0 Å². The predicted octanol–water partition coefficient (Wildman–Crippen LogP) is 2.90. The van der Waals surface area contributed by atoms with E-state index in [4.69, 9.17) is 4.74 Å². The third-order valence-corrected chi connectivity index (χ3v) is 3.90. The van der Waals surface area contributed by atoms with E-state index in [1.165, 1.54) is 7.11 Å². The maximum absolute atomic E-state index is 12.3. The van der Waals surface area contributed by atoms with Gasteiger partial charge in [-0.25, -0.2) is 9.78 Å². The normalized spacial score (nSPS) is 10.7. The summed E-state index contributed by atoms with van der Waals surface area (Å²) in [6.45, 7) is 4.08. The van der Waals surface area contributed by atoms with Crippen molar-refractivity contribution < 1.29 is 14.3 Å². The number of nitrogens with zero attached hydrogens (tertiary/aromatic N) is 2. The molecule has 6 nitrogen and oxygen atoms in total. The molecule has 0 radical (unpaired) electrons. The minimum atomic E-state index is -0.421. The molecule has 0 fully saturated rings. The highest BCUT2D eigenvalue weighted by molar-refractivity contribution is 5.95. The molecule has 1 amide bonds. The molecule has 1 aromatic carbocycles. The van der Waals surface area contributed by atoms with Gasteiger partial charge in [0.25, 0.3) is 0 Å². The summed E-state index contributed by atoms with van der Waals surface area (Å²) in [6.07, 6.45) is 4.42. The zero-order valence-corrected chi connectivity index (χ0v) is 14.5. The van der Waals surface area contributed by atoms with Crippen LogP contribution >= 0.6 is 0 Å². The Kier molecular flexibility index (Phi) is 5.73.